The second-order valence-electron chi connectivity index (χ2n) is 4.23. The summed E-state index contributed by atoms with van der Waals surface area (Å²) in [5.74, 6) is 0.507. The zero-order chi connectivity index (χ0) is 13.9. The van der Waals surface area contributed by atoms with E-state index < -0.39 is 0 Å². The number of hydrogen-bond acceptors (Lipinski definition) is 5. The maximum atomic E-state index is 5.80. The third-order valence-corrected chi connectivity index (χ3v) is 4.28. The van der Waals surface area contributed by atoms with Crippen LogP contribution in [0, 0.1) is 0 Å². The van der Waals surface area contributed by atoms with Crippen molar-refractivity contribution >= 4 is 40.1 Å². The van der Waals surface area contributed by atoms with Crippen LogP contribution in [0.15, 0.2) is 63.6 Å². The number of thioether (sulfide) groups is 1. The molecule has 0 aliphatic rings. The number of benzene rings is 2. The Morgan fingerprint density at radius 3 is 2.55 bits per heavy atom. The van der Waals surface area contributed by atoms with E-state index in [1.54, 1.807) is 17.8 Å². The molecular weight excluding hydrogens is 286 g/mol. The number of nitrogen functional groups attached to an aromatic ring is 1. The van der Waals surface area contributed by atoms with Crippen LogP contribution in [0.5, 0.6) is 0 Å². The van der Waals surface area contributed by atoms with Crippen LogP contribution in [0.4, 0.5) is 5.82 Å². The van der Waals surface area contributed by atoms with Gasteiger partial charge in [-0.1, -0.05) is 53.9 Å². The maximum Gasteiger partial charge on any atom is 0.190 e. The average molecular weight is 299 g/mol. The molecule has 3 nitrogen and oxygen atoms in total. The molecule has 2 N–H and O–H groups in total. The molecule has 0 saturated carbocycles. The molecule has 0 atom stereocenters. The fourth-order valence-electron chi connectivity index (χ4n) is 1.92. The lowest BCUT2D eigenvalue weighted by Gasteiger charge is -2.05. The van der Waals surface area contributed by atoms with E-state index in [4.69, 9.17) is 5.73 Å². The van der Waals surface area contributed by atoms with E-state index in [1.807, 2.05) is 18.4 Å². The highest BCUT2D eigenvalue weighted by Crippen LogP contribution is 2.30. The Balaban J connectivity index is 1.94. The summed E-state index contributed by atoms with van der Waals surface area (Å²) in [4.78, 5) is 9.77. The smallest absolute Gasteiger partial charge is 0.190 e. The van der Waals surface area contributed by atoms with Gasteiger partial charge in [0.25, 0.3) is 0 Å². The van der Waals surface area contributed by atoms with Crippen molar-refractivity contribution in [3.63, 3.8) is 0 Å². The van der Waals surface area contributed by atoms with E-state index in [9.17, 15) is 0 Å². The Morgan fingerprint density at radius 1 is 0.950 bits per heavy atom. The third-order valence-electron chi connectivity index (χ3n) is 2.83. The summed E-state index contributed by atoms with van der Waals surface area (Å²) in [5, 5.41) is 4.04. The Hall–Kier alpha value is -1.72. The molecule has 0 aliphatic heterocycles. The van der Waals surface area contributed by atoms with E-state index in [0.29, 0.717) is 11.0 Å². The standard InChI is InChI=1S/C15H13N3S2/c1-19-15-17-13(16)9-14(18-15)20-12-7-6-10-4-2-3-5-11(10)8-12/h2-9H,1H3,(H2,16,17,18). The molecule has 0 bridgehead atoms. The molecule has 1 aromatic heterocycles. The molecule has 20 heavy (non-hydrogen) atoms. The molecule has 1 heterocycles. The first kappa shape index (κ1) is 13.3. The molecule has 0 unspecified atom stereocenters. The summed E-state index contributed by atoms with van der Waals surface area (Å²) in [6.07, 6.45) is 1.94. The van der Waals surface area contributed by atoms with Gasteiger partial charge in [0.15, 0.2) is 5.16 Å². The summed E-state index contributed by atoms with van der Waals surface area (Å²) in [7, 11) is 0. The van der Waals surface area contributed by atoms with Crippen LogP contribution in [0.25, 0.3) is 10.8 Å². The average Bonchev–Trinajstić information content (AvgIpc) is 2.46. The Morgan fingerprint density at radius 2 is 1.75 bits per heavy atom. The van der Waals surface area contributed by atoms with E-state index in [0.717, 1.165) is 9.92 Å². The number of hydrogen-bond donors (Lipinski definition) is 1. The highest BCUT2D eigenvalue weighted by atomic mass is 32.2. The Bertz CT molecular complexity index is 759. The van der Waals surface area contributed by atoms with Crippen LogP contribution >= 0.6 is 23.5 Å². The van der Waals surface area contributed by atoms with Crippen molar-refractivity contribution in [1.82, 2.24) is 9.97 Å². The van der Waals surface area contributed by atoms with Gasteiger partial charge in [-0.3, -0.25) is 0 Å². The molecule has 0 aliphatic carbocycles. The zero-order valence-corrected chi connectivity index (χ0v) is 12.5. The van der Waals surface area contributed by atoms with E-state index in [1.165, 1.54) is 22.5 Å². The van der Waals surface area contributed by atoms with E-state index in [-0.39, 0.29) is 0 Å². The molecule has 0 spiro atoms. The number of anilines is 1. The highest BCUT2D eigenvalue weighted by molar-refractivity contribution is 7.99. The fourth-order valence-corrected chi connectivity index (χ4v) is 3.24. The third kappa shape index (κ3) is 2.89. The molecular formula is C15H13N3S2. The van der Waals surface area contributed by atoms with Gasteiger partial charge in [0, 0.05) is 11.0 Å². The van der Waals surface area contributed by atoms with Gasteiger partial charge in [0.1, 0.15) is 10.8 Å². The van der Waals surface area contributed by atoms with Crippen molar-refractivity contribution in [2.75, 3.05) is 12.0 Å². The quantitative estimate of drug-likeness (QED) is 0.448. The minimum Gasteiger partial charge on any atom is -0.384 e. The normalized spacial score (nSPS) is 10.8. The first-order valence-corrected chi connectivity index (χ1v) is 8.14. The molecule has 100 valence electrons. The van der Waals surface area contributed by atoms with Gasteiger partial charge in [-0.2, -0.15) is 0 Å². The number of nitrogens with zero attached hydrogens (tertiary/aromatic N) is 2. The van der Waals surface area contributed by atoms with E-state index in [2.05, 4.69) is 40.3 Å². The van der Waals surface area contributed by atoms with Gasteiger partial charge in [0.05, 0.1) is 0 Å². The van der Waals surface area contributed by atoms with Crippen LogP contribution in [-0.4, -0.2) is 16.2 Å². The Kier molecular flexibility index (Phi) is 3.80. The summed E-state index contributed by atoms with van der Waals surface area (Å²) in [5.41, 5.74) is 5.80. The lowest BCUT2D eigenvalue weighted by atomic mass is 10.1. The predicted octanol–water partition coefficient (Wildman–Crippen LogP) is 4.09. The summed E-state index contributed by atoms with van der Waals surface area (Å²) in [6, 6.07) is 16.5. The van der Waals surface area contributed by atoms with Gasteiger partial charge < -0.3 is 5.73 Å². The van der Waals surface area contributed by atoms with Gasteiger partial charge in [-0.25, -0.2) is 9.97 Å². The van der Waals surface area contributed by atoms with Gasteiger partial charge in [0.2, 0.25) is 0 Å². The Labute approximate surface area is 126 Å². The van der Waals surface area contributed by atoms with Crippen LogP contribution in [-0.2, 0) is 0 Å². The molecule has 0 radical (unpaired) electrons. The van der Waals surface area contributed by atoms with Crippen LogP contribution in [0.3, 0.4) is 0 Å². The molecule has 3 aromatic rings. The SMILES string of the molecule is CSc1nc(N)cc(Sc2ccc3ccccc3c2)n1. The molecule has 5 heteroatoms. The second kappa shape index (κ2) is 5.73. The second-order valence-corrected chi connectivity index (χ2v) is 6.10. The van der Waals surface area contributed by atoms with Crippen molar-refractivity contribution in [3.05, 3.63) is 48.5 Å². The minimum atomic E-state index is 0.507. The number of fused-ring (bicyclic) bond motifs is 1. The van der Waals surface area contributed by atoms with Gasteiger partial charge in [-0.05, 0) is 29.2 Å². The lowest BCUT2D eigenvalue weighted by Crippen LogP contribution is -1.95. The van der Waals surface area contributed by atoms with Crippen molar-refractivity contribution in [2.45, 2.75) is 15.1 Å². The monoisotopic (exact) mass is 299 g/mol. The van der Waals surface area contributed by atoms with Crippen LogP contribution in [0.1, 0.15) is 0 Å². The van der Waals surface area contributed by atoms with Crippen molar-refractivity contribution in [2.24, 2.45) is 0 Å². The first-order chi connectivity index (χ1) is 9.74. The predicted molar refractivity (Wildman–Crippen MR) is 86.3 cm³/mol. The first-order valence-electron chi connectivity index (χ1n) is 6.10. The van der Waals surface area contributed by atoms with E-state index >= 15 is 0 Å². The van der Waals surface area contributed by atoms with Gasteiger partial charge >= 0.3 is 0 Å². The van der Waals surface area contributed by atoms with Crippen molar-refractivity contribution in [1.29, 1.82) is 0 Å². The van der Waals surface area contributed by atoms with Crippen LogP contribution in [0.2, 0.25) is 0 Å². The largest absolute Gasteiger partial charge is 0.384 e. The lowest BCUT2D eigenvalue weighted by molar-refractivity contribution is 0.902. The summed E-state index contributed by atoms with van der Waals surface area (Å²) < 4.78 is 0. The molecule has 0 saturated heterocycles. The van der Waals surface area contributed by atoms with Crippen molar-refractivity contribution < 1.29 is 0 Å². The number of rotatable bonds is 3. The van der Waals surface area contributed by atoms with Gasteiger partial charge in [-0.15, -0.1) is 0 Å². The fraction of sp³-hybridized carbons (Fsp3) is 0.0667. The topological polar surface area (TPSA) is 51.8 Å². The number of nitrogens with two attached hydrogens (primary N) is 1. The summed E-state index contributed by atoms with van der Waals surface area (Å²) in [6.45, 7) is 0. The maximum absolute atomic E-state index is 5.80. The zero-order valence-electron chi connectivity index (χ0n) is 10.9. The van der Waals surface area contributed by atoms with Crippen molar-refractivity contribution in [3.8, 4) is 0 Å². The molecule has 0 amide bonds. The van der Waals surface area contributed by atoms with Crippen LogP contribution < -0.4 is 5.73 Å². The highest BCUT2D eigenvalue weighted by Gasteiger charge is 2.05. The molecule has 0 fully saturated rings. The minimum absolute atomic E-state index is 0.507. The number of aromatic nitrogens is 2. The molecule has 2 aromatic carbocycles. The molecule has 3 rings (SSSR count). The summed E-state index contributed by atoms with van der Waals surface area (Å²) >= 11 is 3.10.